The number of aromatic nitrogens is 2. The van der Waals surface area contributed by atoms with E-state index in [-0.39, 0.29) is 5.56 Å². The van der Waals surface area contributed by atoms with E-state index in [4.69, 9.17) is 14.9 Å². The average molecular weight is 446 g/mol. The van der Waals surface area contributed by atoms with Crippen LogP contribution in [-0.2, 0) is 4.74 Å². The molecule has 0 saturated heterocycles. The normalized spacial score (nSPS) is 20.3. The lowest BCUT2D eigenvalue weighted by atomic mass is 9.94. The number of methoxy groups -OCH3 is 1. The first kappa shape index (κ1) is 22.3. The van der Waals surface area contributed by atoms with Crippen LogP contribution in [0.3, 0.4) is 0 Å². The lowest BCUT2D eigenvalue weighted by Gasteiger charge is -2.34. The summed E-state index contributed by atoms with van der Waals surface area (Å²) in [5.74, 6) is 1.08. The van der Waals surface area contributed by atoms with Gasteiger partial charge < -0.3 is 25.5 Å². The molecular weight excluding hydrogens is 418 g/mol. The molecule has 0 fully saturated rings. The number of hydrogen-bond acceptors (Lipinski definition) is 7. The van der Waals surface area contributed by atoms with Gasteiger partial charge in [-0.05, 0) is 49.8 Å². The van der Waals surface area contributed by atoms with Gasteiger partial charge in [-0.3, -0.25) is 9.36 Å². The van der Waals surface area contributed by atoms with Crippen molar-refractivity contribution < 1.29 is 9.47 Å². The highest BCUT2D eigenvalue weighted by molar-refractivity contribution is 6.13. The van der Waals surface area contributed by atoms with Crippen molar-refractivity contribution in [1.82, 2.24) is 14.9 Å². The third-order valence-corrected chi connectivity index (χ3v) is 5.47. The first-order valence-electron chi connectivity index (χ1n) is 10.7. The van der Waals surface area contributed by atoms with E-state index in [9.17, 15) is 4.79 Å². The molecule has 8 heteroatoms. The van der Waals surface area contributed by atoms with Crippen LogP contribution in [0.15, 0.2) is 65.3 Å². The molecule has 2 aromatic rings. The minimum atomic E-state index is -0.751. The maximum atomic E-state index is 13.8. The van der Waals surface area contributed by atoms with Gasteiger partial charge in [-0.1, -0.05) is 12.2 Å². The average Bonchev–Trinajstić information content (AvgIpc) is 2.81. The molecule has 1 aliphatic carbocycles. The Morgan fingerprint density at radius 1 is 1.30 bits per heavy atom. The SMILES string of the molecule is CCOC1(C)C=Cc2cc(C3=C/C(=C/NC)C(=N)C=C3)c(=O)n(-c3ccc(OC)nc3)c2N1. The Balaban J connectivity index is 1.94. The van der Waals surface area contributed by atoms with Crippen molar-refractivity contribution in [3.8, 4) is 11.6 Å². The van der Waals surface area contributed by atoms with Crippen molar-refractivity contribution >= 4 is 23.2 Å². The highest BCUT2D eigenvalue weighted by Crippen LogP contribution is 2.32. The number of allylic oxidation sites excluding steroid dienone is 5. The van der Waals surface area contributed by atoms with Gasteiger partial charge in [0.25, 0.3) is 5.56 Å². The largest absolute Gasteiger partial charge is 0.481 e. The minimum Gasteiger partial charge on any atom is -0.481 e. The quantitative estimate of drug-likeness (QED) is 0.629. The molecule has 0 saturated carbocycles. The molecule has 170 valence electrons. The van der Waals surface area contributed by atoms with Crippen LogP contribution < -0.4 is 20.9 Å². The summed E-state index contributed by atoms with van der Waals surface area (Å²) in [6.07, 6.45) is 12.6. The second-order valence-corrected chi connectivity index (χ2v) is 7.79. The molecule has 0 radical (unpaired) electrons. The van der Waals surface area contributed by atoms with Crippen LogP contribution in [0.1, 0.15) is 25.0 Å². The molecule has 2 aliphatic rings. The summed E-state index contributed by atoms with van der Waals surface area (Å²) in [5.41, 5.74) is 2.78. The molecule has 3 heterocycles. The van der Waals surface area contributed by atoms with Gasteiger partial charge in [0.05, 0.1) is 24.7 Å². The highest BCUT2D eigenvalue weighted by atomic mass is 16.5. The molecule has 2 aromatic heterocycles. The summed E-state index contributed by atoms with van der Waals surface area (Å²) < 4.78 is 12.7. The van der Waals surface area contributed by atoms with Crippen LogP contribution in [0.4, 0.5) is 5.82 Å². The molecule has 1 aliphatic heterocycles. The molecule has 8 nitrogen and oxygen atoms in total. The molecule has 4 rings (SSSR count). The van der Waals surface area contributed by atoms with E-state index in [2.05, 4.69) is 15.6 Å². The molecule has 0 aromatic carbocycles. The first-order chi connectivity index (χ1) is 15.9. The zero-order valence-electron chi connectivity index (χ0n) is 19.1. The van der Waals surface area contributed by atoms with Crippen molar-refractivity contribution in [2.45, 2.75) is 19.6 Å². The van der Waals surface area contributed by atoms with Crippen molar-refractivity contribution in [1.29, 1.82) is 5.41 Å². The number of pyridine rings is 2. The predicted molar refractivity (Wildman–Crippen MR) is 131 cm³/mol. The predicted octanol–water partition coefficient (Wildman–Crippen LogP) is 3.51. The van der Waals surface area contributed by atoms with E-state index in [0.717, 1.165) is 11.1 Å². The number of nitrogens with one attached hydrogen (secondary N) is 3. The van der Waals surface area contributed by atoms with Crippen molar-refractivity contribution in [3.05, 3.63) is 82.0 Å². The van der Waals surface area contributed by atoms with Gasteiger partial charge in [0.2, 0.25) is 5.88 Å². The maximum absolute atomic E-state index is 13.8. The van der Waals surface area contributed by atoms with Gasteiger partial charge in [-0.15, -0.1) is 0 Å². The topological polar surface area (TPSA) is 101 Å². The number of hydrogen-bond donors (Lipinski definition) is 3. The van der Waals surface area contributed by atoms with Gasteiger partial charge in [0, 0.05) is 42.6 Å². The molecule has 1 unspecified atom stereocenters. The zero-order chi connectivity index (χ0) is 23.6. The maximum Gasteiger partial charge on any atom is 0.264 e. The van der Waals surface area contributed by atoms with Gasteiger partial charge in [0.15, 0.2) is 5.72 Å². The van der Waals surface area contributed by atoms with E-state index >= 15 is 0 Å². The van der Waals surface area contributed by atoms with Gasteiger partial charge >= 0.3 is 0 Å². The molecule has 0 amide bonds. The number of ether oxygens (including phenoxy) is 2. The fourth-order valence-corrected chi connectivity index (χ4v) is 3.89. The number of fused-ring (bicyclic) bond motifs is 1. The van der Waals surface area contributed by atoms with E-state index in [1.807, 2.05) is 38.1 Å². The summed E-state index contributed by atoms with van der Waals surface area (Å²) in [5, 5.41) is 14.5. The van der Waals surface area contributed by atoms with Gasteiger partial charge in [0.1, 0.15) is 5.82 Å². The Hall–Kier alpha value is -3.91. The zero-order valence-corrected chi connectivity index (χ0v) is 19.1. The molecule has 33 heavy (non-hydrogen) atoms. The Kier molecular flexibility index (Phi) is 6.02. The number of anilines is 1. The van der Waals surface area contributed by atoms with Crippen LogP contribution in [0, 0.1) is 5.41 Å². The van der Waals surface area contributed by atoms with E-state index < -0.39 is 5.72 Å². The molecule has 1 atom stereocenters. The summed E-state index contributed by atoms with van der Waals surface area (Å²) in [6, 6.07) is 5.38. The Labute approximate surface area is 192 Å². The molecule has 0 bridgehead atoms. The van der Waals surface area contributed by atoms with Crippen molar-refractivity contribution in [2.75, 3.05) is 26.1 Å². The van der Waals surface area contributed by atoms with Gasteiger partial charge in [-0.2, -0.15) is 0 Å². The fraction of sp³-hybridized carbons (Fsp3) is 0.240. The Morgan fingerprint density at radius 2 is 2.12 bits per heavy atom. The fourth-order valence-electron chi connectivity index (χ4n) is 3.89. The standard InChI is InChI=1S/C25H27N5O3/c1-5-33-25(2)11-10-17-13-20(16-6-8-21(26)18(12-16)14-27-3)24(31)30(23(17)29-25)19-7-9-22(32-4)28-15-19/h6-15,26-27,29H,5H2,1-4H3/b18-14-,26-21?. The third-order valence-electron chi connectivity index (χ3n) is 5.47. The highest BCUT2D eigenvalue weighted by Gasteiger charge is 2.29. The second-order valence-electron chi connectivity index (χ2n) is 7.79. The van der Waals surface area contributed by atoms with Gasteiger partial charge in [-0.25, -0.2) is 4.98 Å². The number of nitrogens with zero attached hydrogens (tertiary/aromatic N) is 2. The van der Waals surface area contributed by atoms with Crippen LogP contribution in [0.2, 0.25) is 0 Å². The summed E-state index contributed by atoms with van der Waals surface area (Å²) in [7, 11) is 3.33. The van der Waals surface area contributed by atoms with E-state index in [1.54, 1.807) is 55.4 Å². The smallest absolute Gasteiger partial charge is 0.264 e. The van der Waals surface area contributed by atoms with Crippen LogP contribution in [-0.4, -0.2) is 41.8 Å². The lowest BCUT2D eigenvalue weighted by Crippen LogP contribution is -2.40. The monoisotopic (exact) mass is 445 g/mol. The van der Waals surface area contributed by atoms with E-state index in [0.29, 0.717) is 40.8 Å². The lowest BCUT2D eigenvalue weighted by molar-refractivity contribution is 0.0352. The summed E-state index contributed by atoms with van der Waals surface area (Å²) >= 11 is 0. The molecule has 3 N–H and O–H groups in total. The molecule has 0 spiro atoms. The third kappa shape index (κ3) is 4.25. The molecular formula is C25H27N5O3. The Bertz CT molecular complexity index is 1270. The van der Waals surface area contributed by atoms with Crippen LogP contribution in [0.25, 0.3) is 17.3 Å². The first-order valence-corrected chi connectivity index (χ1v) is 10.7. The minimum absolute atomic E-state index is 0.212. The second kappa shape index (κ2) is 8.91. The summed E-state index contributed by atoms with van der Waals surface area (Å²) in [4.78, 5) is 18.1. The Morgan fingerprint density at radius 3 is 2.79 bits per heavy atom. The van der Waals surface area contributed by atoms with Crippen LogP contribution >= 0.6 is 0 Å². The van der Waals surface area contributed by atoms with Crippen molar-refractivity contribution in [2.24, 2.45) is 0 Å². The van der Waals surface area contributed by atoms with Crippen molar-refractivity contribution in [3.63, 3.8) is 0 Å². The number of rotatable bonds is 6. The summed E-state index contributed by atoms with van der Waals surface area (Å²) in [6.45, 7) is 4.35. The van der Waals surface area contributed by atoms with E-state index in [1.165, 1.54) is 0 Å². The van der Waals surface area contributed by atoms with Crippen LogP contribution in [0.5, 0.6) is 5.88 Å².